The molecule has 164 valence electrons. The number of pyridine rings is 2. The SMILES string of the molecule is COc1ccc(NC(=O)c2cncc(C#Cc3c(N)ncc4nc(C)c(C)nc34)c2)c(F)c1. The van der Waals surface area contributed by atoms with Gasteiger partial charge in [-0.1, -0.05) is 11.8 Å². The fraction of sp³-hybridized carbons (Fsp3) is 0.125. The van der Waals surface area contributed by atoms with Gasteiger partial charge in [-0.15, -0.1) is 0 Å². The number of aryl methyl sites for hydroxylation is 2. The number of amides is 1. The molecule has 3 heterocycles. The molecule has 33 heavy (non-hydrogen) atoms. The van der Waals surface area contributed by atoms with Crippen molar-refractivity contribution >= 4 is 28.4 Å². The van der Waals surface area contributed by atoms with Gasteiger partial charge in [0.05, 0.1) is 41.5 Å². The lowest BCUT2D eigenvalue weighted by molar-refractivity contribution is 0.102. The second-order valence-corrected chi connectivity index (χ2v) is 7.16. The van der Waals surface area contributed by atoms with E-state index in [2.05, 4.69) is 37.1 Å². The van der Waals surface area contributed by atoms with Crippen LogP contribution in [0.25, 0.3) is 11.0 Å². The fourth-order valence-electron chi connectivity index (χ4n) is 3.02. The Kier molecular flexibility index (Phi) is 5.83. The van der Waals surface area contributed by atoms with Crippen molar-refractivity contribution in [3.05, 3.63) is 76.8 Å². The Morgan fingerprint density at radius 3 is 2.64 bits per heavy atom. The van der Waals surface area contributed by atoms with E-state index >= 15 is 0 Å². The minimum absolute atomic E-state index is 0.0242. The van der Waals surface area contributed by atoms with Gasteiger partial charge in [0.2, 0.25) is 0 Å². The van der Waals surface area contributed by atoms with E-state index < -0.39 is 11.7 Å². The maximum Gasteiger partial charge on any atom is 0.257 e. The monoisotopic (exact) mass is 442 g/mol. The van der Waals surface area contributed by atoms with E-state index in [1.807, 2.05) is 13.8 Å². The molecule has 0 radical (unpaired) electrons. The Hall–Kier alpha value is -4.58. The highest BCUT2D eigenvalue weighted by Crippen LogP contribution is 2.22. The average Bonchev–Trinajstić information content (AvgIpc) is 2.81. The summed E-state index contributed by atoms with van der Waals surface area (Å²) in [4.78, 5) is 29.8. The van der Waals surface area contributed by atoms with Gasteiger partial charge < -0.3 is 15.8 Å². The normalized spacial score (nSPS) is 10.4. The average molecular weight is 442 g/mol. The Labute approximate surface area is 189 Å². The van der Waals surface area contributed by atoms with Crippen molar-refractivity contribution < 1.29 is 13.9 Å². The Balaban J connectivity index is 1.63. The van der Waals surface area contributed by atoms with Crippen LogP contribution in [0.4, 0.5) is 15.9 Å². The summed E-state index contributed by atoms with van der Waals surface area (Å²) < 4.78 is 19.1. The quantitative estimate of drug-likeness (QED) is 0.467. The fourth-order valence-corrected chi connectivity index (χ4v) is 3.02. The van der Waals surface area contributed by atoms with Crippen LogP contribution in [0, 0.1) is 31.5 Å². The van der Waals surface area contributed by atoms with Gasteiger partial charge in [0.25, 0.3) is 5.91 Å². The predicted octanol–water partition coefficient (Wildman–Crippen LogP) is 3.42. The van der Waals surface area contributed by atoms with Crippen LogP contribution in [-0.4, -0.2) is 33.0 Å². The summed E-state index contributed by atoms with van der Waals surface area (Å²) in [6.45, 7) is 3.72. The largest absolute Gasteiger partial charge is 0.497 e. The van der Waals surface area contributed by atoms with E-state index in [4.69, 9.17) is 10.5 Å². The molecule has 4 aromatic rings. The zero-order valence-electron chi connectivity index (χ0n) is 18.1. The summed E-state index contributed by atoms with van der Waals surface area (Å²) in [5.74, 6) is 5.35. The molecule has 9 heteroatoms. The molecule has 0 unspecified atom stereocenters. The Morgan fingerprint density at radius 1 is 1.09 bits per heavy atom. The van der Waals surface area contributed by atoms with Gasteiger partial charge in [-0.2, -0.15) is 0 Å². The molecule has 0 aliphatic heterocycles. The van der Waals surface area contributed by atoms with Crippen LogP contribution in [-0.2, 0) is 0 Å². The molecule has 3 N–H and O–H groups in total. The van der Waals surface area contributed by atoms with Crippen LogP contribution < -0.4 is 15.8 Å². The number of nitrogens with zero attached hydrogens (tertiary/aromatic N) is 4. The molecule has 1 aromatic carbocycles. The number of methoxy groups -OCH3 is 1. The van der Waals surface area contributed by atoms with Gasteiger partial charge in [0, 0.05) is 24.0 Å². The number of halogens is 1. The van der Waals surface area contributed by atoms with Gasteiger partial charge in [-0.3, -0.25) is 9.78 Å². The third-order valence-corrected chi connectivity index (χ3v) is 4.91. The molecule has 0 saturated heterocycles. The van der Waals surface area contributed by atoms with Crippen molar-refractivity contribution in [3.63, 3.8) is 0 Å². The van der Waals surface area contributed by atoms with Crippen LogP contribution in [0.15, 0.2) is 42.9 Å². The second-order valence-electron chi connectivity index (χ2n) is 7.16. The first kappa shape index (κ1) is 21.6. The van der Waals surface area contributed by atoms with E-state index in [9.17, 15) is 9.18 Å². The number of fused-ring (bicyclic) bond motifs is 1. The molecule has 1 amide bonds. The molecule has 0 bridgehead atoms. The van der Waals surface area contributed by atoms with Gasteiger partial charge in [-0.25, -0.2) is 19.3 Å². The first-order valence-electron chi connectivity index (χ1n) is 9.87. The molecule has 0 saturated carbocycles. The predicted molar refractivity (Wildman–Crippen MR) is 122 cm³/mol. The molecule has 4 rings (SSSR count). The summed E-state index contributed by atoms with van der Waals surface area (Å²) >= 11 is 0. The third-order valence-electron chi connectivity index (χ3n) is 4.91. The van der Waals surface area contributed by atoms with Crippen LogP contribution in [0.5, 0.6) is 5.75 Å². The van der Waals surface area contributed by atoms with E-state index in [0.717, 1.165) is 11.4 Å². The molecule has 0 fully saturated rings. The summed E-state index contributed by atoms with van der Waals surface area (Å²) in [5, 5.41) is 2.52. The standard InChI is InChI=1S/C24H19FN6O2/c1-13-14(2)30-22-18(23(26)28-12-21(22)29-13)6-4-15-8-16(11-27-10-15)24(32)31-20-7-5-17(33-3)9-19(20)25/h5,7-12H,1-3H3,(H2,26,28)(H,31,32). The minimum atomic E-state index is -0.614. The van der Waals surface area contributed by atoms with Crippen molar-refractivity contribution in [1.82, 2.24) is 19.9 Å². The highest BCUT2D eigenvalue weighted by atomic mass is 19.1. The maximum atomic E-state index is 14.2. The molecule has 0 spiro atoms. The smallest absolute Gasteiger partial charge is 0.257 e. The maximum absolute atomic E-state index is 14.2. The molecule has 0 aliphatic rings. The number of hydrogen-bond acceptors (Lipinski definition) is 7. The lowest BCUT2D eigenvalue weighted by Crippen LogP contribution is -2.13. The van der Waals surface area contributed by atoms with Gasteiger partial charge in [0.1, 0.15) is 28.4 Å². The summed E-state index contributed by atoms with van der Waals surface area (Å²) in [6.07, 6.45) is 4.43. The summed E-state index contributed by atoms with van der Waals surface area (Å²) in [5.41, 5.74) is 9.88. The molecule has 0 atom stereocenters. The zero-order chi connectivity index (χ0) is 23.5. The number of hydrogen-bond donors (Lipinski definition) is 2. The number of aromatic nitrogens is 4. The van der Waals surface area contributed by atoms with Crippen LogP contribution in [0.2, 0.25) is 0 Å². The number of carbonyl (C=O) groups excluding carboxylic acids is 1. The summed E-state index contributed by atoms with van der Waals surface area (Å²) in [7, 11) is 1.43. The van der Waals surface area contributed by atoms with E-state index in [0.29, 0.717) is 27.9 Å². The van der Waals surface area contributed by atoms with E-state index in [1.165, 1.54) is 31.6 Å². The van der Waals surface area contributed by atoms with Crippen molar-refractivity contribution in [2.24, 2.45) is 0 Å². The highest BCUT2D eigenvalue weighted by Gasteiger charge is 2.12. The molecule has 3 aromatic heterocycles. The molecular formula is C24H19FN6O2. The van der Waals surface area contributed by atoms with Crippen molar-refractivity contribution in [1.29, 1.82) is 0 Å². The second kappa shape index (κ2) is 8.88. The minimum Gasteiger partial charge on any atom is -0.497 e. The number of anilines is 2. The number of nitrogen functional groups attached to an aromatic ring is 1. The first-order chi connectivity index (χ1) is 15.9. The number of ether oxygens (including phenoxy) is 1. The Morgan fingerprint density at radius 2 is 1.88 bits per heavy atom. The molecule has 0 aliphatic carbocycles. The highest BCUT2D eigenvalue weighted by molar-refractivity contribution is 6.04. The van der Waals surface area contributed by atoms with Gasteiger partial charge in [-0.05, 0) is 32.0 Å². The number of carbonyl (C=O) groups is 1. The van der Waals surface area contributed by atoms with Gasteiger partial charge in [0.15, 0.2) is 0 Å². The molecular weight excluding hydrogens is 423 g/mol. The van der Waals surface area contributed by atoms with Crippen molar-refractivity contribution in [2.45, 2.75) is 13.8 Å². The lowest BCUT2D eigenvalue weighted by atomic mass is 10.1. The number of benzene rings is 1. The van der Waals surface area contributed by atoms with E-state index in [1.54, 1.807) is 18.3 Å². The number of rotatable bonds is 3. The Bertz CT molecular complexity index is 1460. The third kappa shape index (κ3) is 4.55. The lowest BCUT2D eigenvalue weighted by Gasteiger charge is -2.08. The van der Waals surface area contributed by atoms with Crippen LogP contribution in [0.1, 0.15) is 32.9 Å². The first-order valence-corrected chi connectivity index (χ1v) is 9.87. The molecule has 8 nitrogen and oxygen atoms in total. The zero-order valence-corrected chi connectivity index (χ0v) is 18.1. The van der Waals surface area contributed by atoms with Crippen molar-refractivity contribution in [3.8, 4) is 17.6 Å². The van der Waals surface area contributed by atoms with Crippen LogP contribution in [0.3, 0.4) is 0 Å². The topological polar surface area (TPSA) is 116 Å². The van der Waals surface area contributed by atoms with Gasteiger partial charge >= 0.3 is 0 Å². The van der Waals surface area contributed by atoms with Crippen molar-refractivity contribution in [2.75, 3.05) is 18.2 Å². The summed E-state index contributed by atoms with van der Waals surface area (Å²) in [6, 6.07) is 5.70. The number of nitrogens with two attached hydrogens (primary N) is 1. The number of nitrogens with one attached hydrogen (secondary N) is 1. The van der Waals surface area contributed by atoms with E-state index in [-0.39, 0.29) is 17.1 Å². The van der Waals surface area contributed by atoms with Crippen LogP contribution >= 0.6 is 0 Å².